The van der Waals surface area contributed by atoms with Crippen molar-refractivity contribution in [3.8, 4) is 0 Å². The topological polar surface area (TPSA) is 84.0 Å². The van der Waals surface area contributed by atoms with E-state index in [0.29, 0.717) is 11.6 Å². The van der Waals surface area contributed by atoms with Crippen LogP contribution in [0.5, 0.6) is 0 Å². The first-order valence-electron chi connectivity index (χ1n) is 11.2. The maximum absolute atomic E-state index is 13.1. The molecular formula is C25H32N2O5S. The largest absolute Gasteiger partial charge is 0.452 e. The van der Waals surface area contributed by atoms with E-state index >= 15 is 0 Å². The Morgan fingerprint density at radius 2 is 1.64 bits per heavy atom. The molecule has 1 aliphatic rings. The van der Waals surface area contributed by atoms with Crippen LogP contribution in [0.3, 0.4) is 0 Å². The van der Waals surface area contributed by atoms with Gasteiger partial charge in [0.1, 0.15) is 0 Å². The van der Waals surface area contributed by atoms with Gasteiger partial charge in [-0.05, 0) is 68.9 Å². The molecule has 1 amide bonds. The van der Waals surface area contributed by atoms with E-state index in [9.17, 15) is 18.0 Å². The Balaban J connectivity index is 1.65. The maximum atomic E-state index is 13.1. The third kappa shape index (κ3) is 5.93. The molecule has 33 heavy (non-hydrogen) atoms. The van der Waals surface area contributed by atoms with Crippen LogP contribution in [0, 0.1) is 12.8 Å². The first kappa shape index (κ1) is 24.8. The molecule has 0 bridgehead atoms. The van der Waals surface area contributed by atoms with Gasteiger partial charge < -0.3 is 9.64 Å². The monoisotopic (exact) mass is 472 g/mol. The summed E-state index contributed by atoms with van der Waals surface area (Å²) in [7, 11) is -0.670. The molecule has 1 fully saturated rings. The number of aryl methyl sites for hydroxylation is 1. The van der Waals surface area contributed by atoms with Crippen LogP contribution in [0.2, 0.25) is 0 Å². The Hall–Kier alpha value is -2.87. The van der Waals surface area contributed by atoms with Crippen molar-refractivity contribution in [3.63, 3.8) is 0 Å². The van der Waals surface area contributed by atoms with E-state index in [-0.39, 0.29) is 29.0 Å². The Morgan fingerprint density at radius 3 is 2.27 bits per heavy atom. The van der Waals surface area contributed by atoms with Crippen LogP contribution in [0.1, 0.15) is 48.5 Å². The zero-order valence-electron chi connectivity index (χ0n) is 19.7. The van der Waals surface area contributed by atoms with Crippen molar-refractivity contribution in [1.29, 1.82) is 0 Å². The molecule has 7 nitrogen and oxygen atoms in total. The number of carbonyl (C=O) groups excluding carboxylic acids is 2. The highest BCUT2D eigenvalue weighted by Gasteiger charge is 2.26. The summed E-state index contributed by atoms with van der Waals surface area (Å²) in [5.74, 6) is -0.314. The highest BCUT2D eigenvalue weighted by molar-refractivity contribution is 7.92. The van der Waals surface area contributed by atoms with E-state index in [1.54, 1.807) is 24.1 Å². The third-order valence-electron chi connectivity index (χ3n) is 6.38. The fourth-order valence-corrected chi connectivity index (χ4v) is 5.22. The number of benzene rings is 2. The molecule has 3 rings (SSSR count). The average molecular weight is 473 g/mol. The van der Waals surface area contributed by atoms with Gasteiger partial charge in [-0.25, -0.2) is 13.2 Å². The molecule has 1 aliphatic carbocycles. The molecule has 0 atom stereocenters. The number of amides is 1. The van der Waals surface area contributed by atoms with Crippen LogP contribution < -0.4 is 4.31 Å². The van der Waals surface area contributed by atoms with Gasteiger partial charge in [-0.2, -0.15) is 0 Å². The van der Waals surface area contributed by atoms with E-state index in [4.69, 9.17) is 4.74 Å². The Kier molecular flexibility index (Phi) is 7.79. The average Bonchev–Trinajstić information content (AvgIpc) is 2.82. The number of ether oxygens (including phenoxy) is 1. The molecule has 178 valence electrons. The van der Waals surface area contributed by atoms with Crippen molar-refractivity contribution in [2.24, 2.45) is 5.92 Å². The SMILES string of the molecule is Cc1ccc(N(C)S(=O)(=O)c2cccc(C(=O)OCC(=O)N(C)C3CCC(C)CC3)c2)cc1. The van der Waals surface area contributed by atoms with Crippen LogP contribution in [-0.4, -0.2) is 51.9 Å². The Morgan fingerprint density at radius 1 is 1.00 bits per heavy atom. The minimum atomic E-state index is -3.87. The van der Waals surface area contributed by atoms with Crippen LogP contribution in [0.15, 0.2) is 53.4 Å². The predicted molar refractivity (Wildman–Crippen MR) is 128 cm³/mol. The molecule has 0 spiro atoms. The Bertz CT molecular complexity index is 1090. The second-order valence-corrected chi connectivity index (χ2v) is 10.8. The minimum Gasteiger partial charge on any atom is -0.452 e. The van der Waals surface area contributed by atoms with Crippen LogP contribution in [-0.2, 0) is 19.6 Å². The highest BCUT2D eigenvalue weighted by atomic mass is 32.2. The summed E-state index contributed by atoms with van der Waals surface area (Å²) in [6.45, 7) is 3.76. The molecule has 0 unspecified atom stereocenters. The van der Waals surface area contributed by atoms with Crippen molar-refractivity contribution in [1.82, 2.24) is 4.90 Å². The van der Waals surface area contributed by atoms with Gasteiger partial charge in [-0.15, -0.1) is 0 Å². The fraction of sp³-hybridized carbons (Fsp3) is 0.440. The summed E-state index contributed by atoms with van der Waals surface area (Å²) in [5, 5.41) is 0. The molecule has 8 heteroatoms. The summed E-state index contributed by atoms with van der Waals surface area (Å²) in [5.41, 5.74) is 1.61. The van der Waals surface area contributed by atoms with Gasteiger partial charge in [0.25, 0.3) is 15.9 Å². The molecule has 0 radical (unpaired) electrons. The summed E-state index contributed by atoms with van der Waals surface area (Å²) in [6.07, 6.45) is 4.07. The molecule has 0 heterocycles. The van der Waals surface area contributed by atoms with Gasteiger partial charge in [-0.1, -0.05) is 30.7 Å². The zero-order valence-corrected chi connectivity index (χ0v) is 20.5. The number of hydrogen-bond acceptors (Lipinski definition) is 5. The van der Waals surface area contributed by atoms with Gasteiger partial charge in [0.05, 0.1) is 16.1 Å². The number of nitrogens with zero attached hydrogens (tertiary/aromatic N) is 2. The molecule has 1 saturated carbocycles. The molecule has 0 N–H and O–H groups in total. The van der Waals surface area contributed by atoms with E-state index in [1.165, 1.54) is 35.6 Å². The molecule has 0 aliphatic heterocycles. The maximum Gasteiger partial charge on any atom is 0.338 e. The van der Waals surface area contributed by atoms with Gasteiger partial charge in [0.2, 0.25) is 0 Å². The first-order valence-corrected chi connectivity index (χ1v) is 12.6. The number of anilines is 1. The summed E-state index contributed by atoms with van der Waals surface area (Å²) in [6, 6.07) is 12.9. The number of esters is 1. The van der Waals surface area contributed by atoms with E-state index < -0.39 is 16.0 Å². The Labute approximate surface area is 196 Å². The second-order valence-electron chi connectivity index (χ2n) is 8.83. The van der Waals surface area contributed by atoms with Crippen LogP contribution >= 0.6 is 0 Å². The summed E-state index contributed by atoms with van der Waals surface area (Å²) in [4.78, 5) is 26.7. The lowest BCUT2D eigenvalue weighted by Gasteiger charge is -2.33. The standard InChI is InChI=1S/C25H32N2O5S/c1-18-8-12-21(13-9-18)26(3)24(28)17-32-25(29)20-6-5-7-23(16-20)33(30,31)27(4)22-14-10-19(2)11-15-22/h5-7,10-11,14-16,18,21H,8-9,12-13,17H2,1-4H3. The van der Waals surface area contributed by atoms with Gasteiger partial charge in [0, 0.05) is 20.1 Å². The van der Waals surface area contributed by atoms with Gasteiger partial charge >= 0.3 is 5.97 Å². The quantitative estimate of drug-likeness (QED) is 0.569. The number of likely N-dealkylation sites (N-methyl/N-ethyl adjacent to an activating group) is 1. The fourth-order valence-electron chi connectivity index (χ4n) is 3.98. The predicted octanol–water partition coefficient (Wildman–Crippen LogP) is 4.01. The lowest BCUT2D eigenvalue weighted by molar-refractivity contribution is -0.136. The van der Waals surface area contributed by atoms with Crippen LogP contribution in [0.25, 0.3) is 0 Å². The molecule has 2 aromatic rings. The van der Waals surface area contributed by atoms with Gasteiger partial charge in [-0.3, -0.25) is 9.10 Å². The summed E-state index contributed by atoms with van der Waals surface area (Å²) < 4.78 is 32.5. The summed E-state index contributed by atoms with van der Waals surface area (Å²) >= 11 is 0. The number of sulfonamides is 1. The normalized spacial score (nSPS) is 18.4. The van der Waals surface area contributed by atoms with E-state index in [0.717, 1.165) is 31.2 Å². The van der Waals surface area contributed by atoms with E-state index in [1.807, 2.05) is 19.1 Å². The number of carbonyl (C=O) groups is 2. The van der Waals surface area contributed by atoms with Gasteiger partial charge in [0.15, 0.2) is 6.61 Å². The number of rotatable bonds is 7. The molecule has 0 saturated heterocycles. The zero-order chi connectivity index (χ0) is 24.2. The highest BCUT2D eigenvalue weighted by Crippen LogP contribution is 2.27. The van der Waals surface area contributed by atoms with Crippen molar-refractivity contribution in [2.45, 2.75) is 50.5 Å². The second kappa shape index (κ2) is 10.4. The van der Waals surface area contributed by atoms with Crippen molar-refractivity contribution in [3.05, 3.63) is 59.7 Å². The van der Waals surface area contributed by atoms with Crippen molar-refractivity contribution >= 4 is 27.6 Å². The molecular weight excluding hydrogens is 440 g/mol. The van der Waals surface area contributed by atoms with E-state index in [2.05, 4.69) is 6.92 Å². The molecule has 0 aromatic heterocycles. The smallest absolute Gasteiger partial charge is 0.338 e. The minimum absolute atomic E-state index is 0.0280. The van der Waals surface area contributed by atoms with Crippen molar-refractivity contribution in [2.75, 3.05) is 25.0 Å². The first-order chi connectivity index (χ1) is 15.6. The lowest BCUT2D eigenvalue weighted by Crippen LogP contribution is -2.41. The van der Waals surface area contributed by atoms with Crippen LogP contribution in [0.4, 0.5) is 5.69 Å². The lowest BCUT2D eigenvalue weighted by atomic mass is 9.87. The van der Waals surface area contributed by atoms with Crippen molar-refractivity contribution < 1.29 is 22.7 Å². The molecule has 2 aromatic carbocycles. The number of hydrogen-bond donors (Lipinski definition) is 0. The third-order valence-corrected chi connectivity index (χ3v) is 8.16.